The van der Waals surface area contributed by atoms with E-state index in [0.717, 1.165) is 23.4 Å². The summed E-state index contributed by atoms with van der Waals surface area (Å²) in [7, 11) is 0. The summed E-state index contributed by atoms with van der Waals surface area (Å²) in [5.41, 5.74) is 2.07. The molecule has 0 unspecified atom stereocenters. The average Bonchev–Trinajstić information content (AvgIpc) is 3.27. The molecule has 1 aromatic heterocycles. The zero-order valence-electron chi connectivity index (χ0n) is 12.5. The van der Waals surface area contributed by atoms with E-state index in [1.807, 2.05) is 13.8 Å². The fourth-order valence-corrected chi connectivity index (χ4v) is 2.83. The molecule has 1 heterocycles. The standard InChI is InChI=1S/C16H17N3O2S/c1-9-10(2)22-16(17-9)19-15(21)12-4-3-5-13(8-12)18-14(20)11-6-7-11/h3-5,8,11H,6-7H2,1-2H3,(H,18,20)(H,17,19,21). The summed E-state index contributed by atoms with van der Waals surface area (Å²) in [4.78, 5) is 29.4. The number of rotatable bonds is 4. The Bertz CT molecular complexity index is 715. The van der Waals surface area contributed by atoms with Crippen molar-refractivity contribution < 1.29 is 9.59 Å². The van der Waals surface area contributed by atoms with E-state index < -0.39 is 0 Å². The number of amides is 2. The highest BCUT2D eigenvalue weighted by Gasteiger charge is 2.29. The molecule has 6 heteroatoms. The van der Waals surface area contributed by atoms with Crippen LogP contribution in [0.2, 0.25) is 0 Å². The minimum Gasteiger partial charge on any atom is -0.326 e. The summed E-state index contributed by atoms with van der Waals surface area (Å²) >= 11 is 1.45. The maximum atomic E-state index is 12.3. The van der Waals surface area contributed by atoms with Gasteiger partial charge >= 0.3 is 0 Å². The maximum Gasteiger partial charge on any atom is 0.257 e. The van der Waals surface area contributed by atoms with E-state index in [4.69, 9.17) is 0 Å². The van der Waals surface area contributed by atoms with Gasteiger partial charge in [-0.3, -0.25) is 14.9 Å². The van der Waals surface area contributed by atoms with Crippen LogP contribution in [-0.2, 0) is 4.79 Å². The van der Waals surface area contributed by atoms with Gasteiger partial charge in [-0.05, 0) is 44.9 Å². The van der Waals surface area contributed by atoms with Crippen LogP contribution in [0.5, 0.6) is 0 Å². The number of nitrogens with one attached hydrogen (secondary N) is 2. The van der Waals surface area contributed by atoms with E-state index in [9.17, 15) is 9.59 Å². The Morgan fingerprint density at radius 2 is 2.00 bits per heavy atom. The first kappa shape index (κ1) is 14.7. The Labute approximate surface area is 132 Å². The minimum absolute atomic E-state index is 0.0312. The second-order valence-corrected chi connectivity index (χ2v) is 6.66. The first-order valence-corrected chi connectivity index (χ1v) is 8.01. The number of aryl methyl sites for hydroxylation is 2. The average molecular weight is 315 g/mol. The molecule has 1 aromatic carbocycles. The second-order valence-electron chi connectivity index (χ2n) is 5.46. The zero-order valence-corrected chi connectivity index (χ0v) is 13.3. The quantitative estimate of drug-likeness (QED) is 0.909. The van der Waals surface area contributed by atoms with Crippen LogP contribution in [0.4, 0.5) is 10.8 Å². The van der Waals surface area contributed by atoms with Crippen LogP contribution in [0, 0.1) is 19.8 Å². The summed E-state index contributed by atoms with van der Waals surface area (Å²) in [6.45, 7) is 3.88. The third-order valence-corrected chi connectivity index (χ3v) is 4.58. The lowest BCUT2D eigenvalue weighted by Gasteiger charge is -2.06. The highest BCUT2D eigenvalue weighted by atomic mass is 32.1. The lowest BCUT2D eigenvalue weighted by Crippen LogP contribution is -2.15. The monoisotopic (exact) mass is 315 g/mol. The summed E-state index contributed by atoms with van der Waals surface area (Å²) in [5.74, 6) is -0.0567. The molecule has 2 N–H and O–H groups in total. The molecule has 1 fully saturated rings. The van der Waals surface area contributed by atoms with E-state index >= 15 is 0 Å². The summed E-state index contributed by atoms with van der Waals surface area (Å²) in [6.07, 6.45) is 1.91. The molecule has 3 rings (SSSR count). The van der Waals surface area contributed by atoms with Crippen molar-refractivity contribution in [2.75, 3.05) is 10.6 Å². The molecule has 5 nitrogen and oxygen atoms in total. The number of anilines is 2. The SMILES string of the molecule is Cc1nc(NC(=O)c2cccc(NC(=O)C3CC3)c2)sc1C. The molecule has 1 saturated carbocycles. The molecule has 22 heavy (non-hydrogen) atoms. The van der Waals surface area contributed by atoms with Gasteiger partial charge < -0.3 is 5.32 Å². The molecule has 114 valence electrons. The second kappa shape index (κ2) is 5.88. The molecule has 0 bridgehead atoms. The van der Waals surface area contributed by atoms with E-state index in [1.54, 1.807) is 24.3 Å². The van der Waals surface area contributed by atoms with Crippen molar-refractivity contribution in [3.05, 3.63) is 40.4 Å². The van der Waals surface area contributed by atoms with Crippen molar-refractivity contribution in [1.29, 1.82) is 0 Å². The van der Waals surface area contributed by atoms with E-state index in [1.165, 1.54) is 11.3 Å². The first-order chi connectivity index (χ1) is 10.5. The number of hydrogen-bond donors (Lipinski definition) is 2. The van der Waals surface area contributed by atoms with Crippen molar-refractivity contribution >= 4 is 34.0 Å². The van der Waals surface area contributed by atoms with Gasteiger partial charge in [-0.1, -0.05) is 6.07 Å². The molecule has 0 spiro atoms. The number of benzene rings is 1. The highest BCUT2D eigenvalue weighted by Crippen LogP contribution is 2.30. The Morgan fingerprint density at radius 1 is 1.23 bits per heavy atom. The minimum atomic E-state index is -0.226. The molecule has 1 aliphatic rings. The van der Waals surface area contributed by atoms with Crippen LogP contribution < -0.4 is 10.6 Å². The van der Waals surface area contributed by atoms with Crippen molar-refractivity contribution in [2.45, 2.75) is 26.7 Å². The van der Waals surface area contributed by atoms with E-state index in [2.05, 4.69) is 15.6 Å². The van der Waals surface area contributed by atoms with Gasteiger partial charge in [0.25, 0.3) is 5.91 Å². The number of nitrogens with zero attached hydrogens (tertiary/aromatic N) is 1. The maximum absolute atomic E-state index is 12.3. The van der Waals surface area contributed by atoms with Crippen LogP contribution in [-0.4, -0.2) is 16.8 Å². The molecule has 0 radical (unpaired) electrons. The molecule has 0 aliphatic heterocycles. The predicted octanol–water partition coefficient (Wildman–Crippen LogP) is 3.36. The fourth-order valence-electron chi connectivity index (χ4n) is 2.02. The zero-order chi connectivity index (χ0) is 15.7. The number of carbonyl (C=O) groups is 2. The van der Waals surface area contributed by atoms with Gasteiger partial charge in [0.05, 0.1) is 5.69 Å². The third-order valence-electron chi connectivity index (χ3n) is 3.59. The normalized spacial score (nSPS) is 13.7. The molecule has 0 saturated heterocycles. The van der Waals surface area contributed by atoms with Gasteiger partial charge in [-0.15, -0.1) is 11.3 Å². The molecular weight excluding hydrogens is 298 g/mol. The Hall–Kier alpha value is -2.21. The Kier molecular flexibility index (Phi) is 3.94. The van der Waals surface area contributed by atoms with Crippen LogP contribution >= 0.6 is 11.3 Å². The van der Waals surface area contributed by atoms with Crippen molar-refractivity contribution in [3.8, 4) is 0 Å². The first-order valence-electron chi connectivity index (χ1n) is 7.19. The number of hydrogen-bond acceptors (Lipinski definition) is 4. The Balaban J connectivity index is 1.70. The van der Waals surface area contributed by atoms with Gasteiger partial charge in [0.15, 0.2) is 5.13 Å². The fraction of sp³-hybridized carbons (Fsp3) is 0.312. The van der Waals surface area contributed by atoms with Crippen molar-refractivity contribution in [1.82, 2.24) is 4.98 Å². The Morgan fingerprint density at radius 3 is 2.64 bits per heavy atom. The van der Waals surface area contributed by atoms with Gasteiger partial charge in [-0.2, -0.15) is 0 Å². The molecule has 1 aliphatic carbocycles. The van der Waals surface area contributed by atoms with Gasteiger partial charge in [0.2, 0.25) is 5.91 Å². The van der Waals surface area contributed by atoms with Crippen molar-refractivity contribution in [3.63, 3.8) is 0 Å². The van der Waals surface area contributed by atoms with Crippen molar-refractivity contribution in [2.24, 2.45) is 5.92 Å². The van der Waals surface area contributed by atoms with Crippen LogP contribution in [0.25, 0.3) is 0 Å². The number of carbonyl (C=O) groups excluding carboxylic acids is 2. The number of aromatic nitrogens is 1. The van der Waals surface area contributed by atoms with Gasteiger partial charge in [0.1, 0.15) is 0 Å². The largest absolute Gasteiger partial charge is 0.326 e. The third kappa shape index (κ3) is 3.33. The lowest BCUT2D eigenvalue weighted by molar-refractivity contribution is -0.117. The van der Waals surface area contributed by atoms with Crippen LogP contribution in [0.15, 0.2) is 24.3 Å². The van der Waals surface area contributed by atoms with E-state index in [0.29, 0.717) is 16.4 Å². The van der Waals surface area contributed by atoms with Gasteiger partial charge in [0, 0.05) is 22.0 Å². The van der Waals surface area contributed by atoms with Crippen LogP contribution in [0.3, 0.4) is 0 Å². The van der Waals surface area contributed by atoms with Crippen LogP contribution in [0.1, 0.15) is 33.8 Å². The molecular formula is C16H17N3O2S. The van der Waals surface area contributed by atoms with E-state index in [-0.39, 0.29) is 17.7 Å². The summed E-state index contributed by atoms with van der Waals surface area (Å²) < 4.78 is 0. The molecule has 2 amide bonds. The molecule has 0 atom stereocenters. The summed E-state index contributed by atoms with van der Waals surface area (Å²) in [6, 6.07) is 6.95. The topological polar surface area (TPSA) is 71.1 Å². The smallest absolute Gasteiger partial charge is 0.257 e. The molecule has 2 aromatic rings. The highest BCUT2D eigenvalue weighted by molar-refractivity contribution is 7.15. The summed E-state index contributed by atoms with van der Waals surface area (Å²) in [5, 5.41) is 6.23. The number of thiazole rings is 1. The lowest BCUT2D eigenvalue weighted by atomic mass is 10.2. The predicted molar refractivity (Wildman–Crippen MR) is 87.3 cm³/mol. The van der Waals surface area contributed by atoms with Gasteiger partial charge in [-0.25, -0.2) is 4.98 Å².